The highest BCUT2D eigenvalue weighted by molar-refractivity contribution is 5.89. The summed E-state index contributed by atoms with van der Waals surface area (Å²) in [4.78, 5) is 28.5. The number of nitrogens with zero attached hydrogens (tertiary/aromatic N) is 2. The molecule has 0 spiro atoms. The van der Waals surface area contributed by atoms with E-state index in [-0.39, 0.29) is 17.7 Å². The van der Waals surface area contributed by atoms with Gasteiger partial charge in [-0.3, -0.25) is 9.59 Å². The lowest BCUT2D eigenvalue weighted by Gasteiger charge is -2.29. The summed E-state index contributed by atoms with van der Waals surface area (Å²) in [6.07, 6.45) is 3.73. The number of piperidine rings is 1. The summed E-state index contributed by atoms with van der Waals surface area (Å²) < 4.78 is 5.15. The molecule has 23 heavy (non-hydrogen) atoms. The second kappa shape index (κ2) is 7.02. The molecule has 0 radical (unpaired) electrons. The molecule has 1 aromatic carbocycles. The van der Waals surface area contributed by atoms with Crippen molar-refractivity contribution in [3.63, 3.8) is 0 Å². The number of carbonyl (C=O) groups is 2. The minimum absolute atomic E-state index is 0.0798. The van der Waals surface area contributed by atoms with Crippen LogP contribution in [0.5, 0.6) is 5.75 Å². The first-order valence-corrected chi connectivity index (χ1v) is 8.37. The molecule has 2 saturated heterocycles. The quantitative estimate of drug-likeness (QED) is 0.854. The highest BCUT2D eigenvalue weighted by Gasteiger charge is 2.36. The Morgan fingerprint density at radius 1 is 1.17 bits per heavy atom. The number of methoxy groups -OCH3 is 1. The number of rotatable bonds is 4. The van der Waals surface area contributed by atoms with E-state index in [0.29, 0.717) is 19.5 Å². The van der Waals surface area contributed by atoms with Crippen molar-refractivity contribution in [3.8, 4) is 5.75 Å². The molecule has 2 heterocycles. The molecule has 2 amide bonds. The van der Waals surface area contributed by atoms with Crippen molar-refractivity contribution in [3.05, 3.63) is 29.8 Å². The van der Waals surface area contributed by atoms with Crippen molar-refractivity contribution in [2.45, 2.75) is 32.2 Å². The van der Waals surface area contributed by atoms with Crippen molar-refractivity contribution in [2.24, 2.45) is 5.92 Å². The molecule has 1 aromatic rings. The first-order chi connectivity index (χ1) is 11.2. The Balaban J connectivity index is 1.59. The van der Waals surface area contributed by atoms with E-state index in [4.69, 9.17) is 4.74 Å². The fraction of sp³-hybridized carbons (Fsp3) is 0.556. The van der Waals surface area contributed by atoms with Gasteiger partial charge in [0.15, 0.2) is 0 Å². The molecule has 0 N–H and O–H groups in total. The number of carbonyl (C=O) groups excluding carboxylic acids is 2. The molecule has 2 aliphatic rings. The van der Waals surface area contributed by atoms with Crippen LogP contribution in [0.2, 0.25) is 0 Å². The SMILES string of the molecule is COc1ccc(CN2C[C@H](C(=O)N3CCCCC3)CC2=O)cc1. The Kier molecular flexibility index (Phi) is 4.84. The summed E-state index contributed by atoms with van der Waals surface area (Å²) in [7, 11) is 1.63. The van der Waals surface area contributed by atoms with Gasteiger partial charge in [-0.2, -0.15) is 0 Å². The number of hydrogen-bond donors (Lipinski definition) is 0. The smallest absolute Gasteiger partial charge is 0.227 e. The zero-order chi connectivity index (χ0) is 16.2. The normalized spacial score (nSPS) is 21.6. The Morgan fingerprint density at radius 3 is 2.52 bits per heavy atom. The Morgan fingerprint density at radius 2 is 1.87 bits per heavy atom. The molecule has 124 valence electrons. The first-order valence-electron chi connectivity index (χ1n) is 8.37. The Hall–Kier alpha value is -2.04. The number of ether oxygens (including phenoxy) is 1. The van der Waals surface area contributed by atoms with Crippen molar-refractivity contribution < 1.29 is 14.3 Å². The van der Waals surface area contributed by atoms with Crippen LogP contribution in [0.4, 0.5) is 0 Å². The summed E-state index contributed by atoms with van der Waals surface area (Å²) in [6, 6.07) is 7.72. The Bertz CT molecular complexity index is 564. The minimum atomic E-state index is -0.168. The highest BCUT2D eigenvalue weighted by atomic mass is 16.5. The van der Waals surface area contributed by atoms with Crippen LogP contribution in [-0.4, -0.2) is 48.4 Å². The van der Waals surface area contributed by atoms with Gasteiger partial charge in [0, 0.05) is 32.6 Å². The maximum atomic E-state index is 12.6. The zero-order valence-electron chi connectivity index (χ0n) is 13.7. The number of likely N-dealkylation sites (tertiary alicyclic amines) is 2. The second-order valence-corrected chi connectivity index (χ2v) is 6.41. The van der Waals surface area contributed by atoms with E-state index < -0.39 is 0 Å². The topological polar surface area (TPSA) is 49.9 Å². The number of hydrogen-bond acceptors (Lipinski definition) is 3. The van der Waals surface area contributed by atoms with Gasteiger partial charge in [0.05, 0.1) is 13.0 Å². The van der Waals surface area contributed by atoms with Crippen molar-refractivity contribution in [2.75, 3.05) is 26.7 Å². The summed E-state index contributed by atoms with van der Waals surface area (Å²) in [5, 5.41) is 0. The molecule has 3 rings (SSSR count). The molecule has 2 aliphatic heterocycles. The fourth-order valence-electron chi connectivity index (χ4n) is 3.41. The standard InChI is InChI=1S/C18H24N2O3/c1-23-16-7-5-14(6-8-16)12-20-13-15(11-17(20)21)18(22)19-9-3-2-4-10-19/h5-8,15H,2-4,9-13H2,1H3/t15-/m1/s1. The molecular weight excluding hydrogens is 292 g/mol. The molecule has 5 heteroatoms. The molecular formula is C18H24N2O3. The first kappa shape index (κ1) is 15.8. The van der Waals surface area contributed by atoms with Crippen molar-refractivity contribution in [1.82, 2.24) is 9.80 Å². The van der Waals surface area contributed by atoms with E-state index in [1.54, 1.807) is 12.0 Å². The molecule has 5 nitrogen and oxygen atoms in total. The van der Waals surface area contributed by atoms with Crippen LogP contribution >= 0.6 is 0 Å². The monoisotopic (exact) mass is 316 g/mol. The van der Waals surface area contributed by atoms with Gasteiger partial charge in [-0.15, -0.1) is 0 Å². The molecule has 0 aromatic heterocycles. The lowest BCUT2D eigenvalue weighted by Crippen LogP contribution is -2.40. The van der Waals surface area contributed by atoms with E-state index in [9.17, 15) is 9.59 Å². The van der Waals surface area contributed by atoms with E-state index in [1.165, 1.54) is 6.42 Å². The van der Waals surface area contributed by atoms with Crippen LogP contribution in [-0.2, 0) is 16.1 Å². The van der Waals surface area contributed by atoms with Gasteiger partial charge in [-0.25, -0.2) is 0 Å². The average molecular weight is 316 g/mol. The average Bonchev–Trinajstić information content (AvgIpc) is 2.96. The van der Waals surface area contributed by atoms with E-state index in [2.05, 4.69) is 0 Å². The third-order valence-electron chi connectivity index (χ3n) is 4.76. The predicted octanol–water partition coefficient (Wildman–Crippen LogP) is 2.06. The highest BCUT2D eigenvalue weighted by Crippen LogP contribution is 2.24. The van der Waals surface area contributed by atoms with Crippen LogP contribution < -0.4 is 4.74 Å². The second-order valence-electron chi connectivity index (χ2n) is 6.41. The maximum absolute atomic E-state index is 12.6. The summed E-state index contributed by atoms with van der Waals surface area (Å²) in [6.45, 7) is 2.80. The van der Waals surface area contributed by atoms with Gasteiger partial charge < -0.3 is 14.5 Å². The van der Waals surface area contributed by atoms with Crippen LogP contribution in [0.25, 0.3) is 0 Å². The molecule has 2 fully saturated rings. The van der Waals surface area contributed by atoms with Gasteiger partial charge in [0.1, 0.15) is 5.75 Å². The molecule has 0 saturated carbocycles. The van der Waals surface area contributed by atoms with Gasteiger partial charge in [-0.1, -0.05) is 12.1 Å². The van der Waals surface area contributed by atoms with Gasteiger partial charge in [-0.05, 0) is 37.0 Å². The summed E-state index contributed by atoms with van der Waals surface area (Å²) >= 11 is 0. The number of amides is 2. The Labute approximate surface area is 137 Å². The minimum Gasteiger partial charge on any atom is -0.497 e. The molecule has 0 bridgehead atoms. The van der Waals surface area contributed by atoms with Crippen molar-refractivity contribution >= 4 is 11.8 Å². The fourth-order valence-corrected chi connectivity index (χ4v) is 3.41. The van der Waals surface area contributed by atoms with E-state index in [0.717, 1.165) is 37.2 Å². The summed E-state index contributed by atoms with van der Waals surface area (Å²) in [5.74, 6) is 0.880. The third kappa shape index (κ3) is 3.66. The third-order valence-corrected chi connectivity index (χ3v) is 4.76. The number of benzene rings is 1. The van der Waals surface area contributed by atoms with E-state index >= 15 is 0 Å². The van der Waals surface area contributed by atoms with Gasteiger partial charge in [0.25, 0.3) is 0 Å². The molecule has 0 aliphatic carbocycles. The zero-order valence-corrected chi connectivity index (χ0v) is 13.7. The largest absolute Gasteiger partial charge is 0.497 e. The lowest BCUT2D eigenvalue weighted by molar-refractivity contribution is -0.136. The van der Waals surface area contributed by atoms with Crippen molar-refractivity contribution in [1.29, 1.82) is 0 Å². The lowest BCUT2D eigenvalue weighted by atomic mass is 10.0. The van der Waals surface area contributed by atoms with Crippen LogP contribution in [0.3, 0.4) is 0 Å². The van der Waals surface area contributed by atoms with Gasteiger partial charge in [0.2, 0.25) is 11.8 Å². The van der Waals surface area contributed by atoms with E-state index in [1.807, 2.05) is 29.2 Å². The van der Waals surface area contributed by atoms with Crippen LogP contribution in [0.15, 0.2) is 24.3 Å². The van der Waals surface area contributed by atoms with Crippen LogP contribution in [0, 0.1) is 5.92 Å². The predicted molar refractivity (Wildman–Crippen MR) is 86.9 cm³/mol. The van der Waals surface area contributed by atoms with Gasteiger partial charge >= 0.3 is 0 Å². The summed E-state index contributed by atoms with van der Waals surface area (Å²) in [5.41, 5.74) is 1.06. The maximum Gasteiger partial charge on any atom is 0.227 e. The van der Waals surface area contributed by atoms with Crippen LogP contribution in [0.1, 0.15) is 31.2 Å². The molecule has 0 unspecified atom stereocenters. The molecule has 1 atom stereocenters.